The number of hydrogen-bond acceptors (Lipinski definition) is 2. The van der Waals surface area contributed by atoms with Gasteiger partial charge in [-0.2, -0.15) is 18.4 Å². The third kappa shape index (κ3) is 2.09. The van der Waals surface area contributed by atoms with E-state index in [2.05, 4.69) is 0 Å². The average molecular weight is 250 g/mol. The number of carboxylic acid groups (broad SMARTS) is 1. The van der Waals surface area contributed by atoms with Gasteiger partial charge in [-0.25, -0.2) is 4.79 Å². The molecule has 0 amide bonds. The lowest BCUT2D eigenvalue weighted by Gasteiger charge is -2.12. The smallest absolute Gasteiger partial charge is 0.418 e. The third-order valence-corrected chi connectivity index (χ3v) is 2.09. The van der Waals surface area contributed by atoms with Crippen molar-refractivity contribution >= 4 is 17.6 Å². The maximum absolute atomic E-state index is 12.5. The molecule has 1 rings (SSSR count). The third-order valence-electron chi connectivity index (χ3n) is 1.77. The summed E-state index contributed by atoms with van der Waals surface area (Å²) in [4.78, 5) is 10.7. The summed E-state index contributed by atoms with van der Waals surface area (Å²) in [5.41, 5.74) is -3.20. The lowest BCUT2D eigenvalue weighted by atomic mass is 10.0. The highest BCUT2D eigenvalue weighted by Gasteiger charge is 2.39. The molecule has 3 nitrogen and oxygen atoms in total. The van der Waals surface area contributed by atoms with Crippen LogP contribution in [0.2, 0.25) is 5.02 Å². The van der Waals surface area contributed by atoms with Gasteiger partial charge in [0.2, 0.25) is 0 Å². The van der Waals surface area contributed by atoms with E-state index in [0.29, 0.717) is 0 Å². The van der Waals surface area contributed by atoms with Gasteiger partial charge in [0.05, 0.1) is 21.7 Å². The van der Waals surface area contributed by atoms with Crippen LogP contribution in [0.1, 0.15) is 21.5 Å². The van der Waals surface area contributed by atoms with Crippen molar-refractivity contribution in [3.05, 3.63) is 33.8 Å². The normalized spacial score (nSPS) is 10.9. The first kappa shape index (κ1) is 12.3. The van der Waals surface area contributed by atoms with E-state index in [9.17, 15) is 18.0 Å². The molecule has 1 aromatic carbocycles. The molecule has 0 saturated carbocycles. The van der Waals surface area contributed by atoms with Gasteiger partial charge in [0, 0.05) is 0 Å². The van der Waals surface area contributed by atoms with Crippen molar-refractivity contribution in [3.63, 3.8) is 0 Å². The van der Waals surface area contributed by atoms with Crippen molar-refractivity contribution in [2.75, 3.05) is 0 Å². The van der Waals surface area contributed by atoms with E-state index < -0.39 is 33.9 Å². The van der Waals surface area contributed by atoms with Crippen LogP contribution in [0.4, 0.5) is 13.2 Å². The van der Waals surface area contributed by atoms with E-state index >= 15 is 0 Å². The van der Waals surface area contributed by atoms with Gasteiger partial charge in [-0.05, 0) is 12.1 Å². The molecule has 0 atom stereocenters. The zero-order chi connectivity index (χ0) is 12.5. The molecule has 0 aliphatic rings. The van der Waals surface area contributed by atoms with Crippen LogP contribution in [0.15, 0.2) is 12.1 Å². The van der Waals surface area contributed by atoms with Crippen LogP contribution in [0, 0.1) is 11.3 Å². The number of nitrogens with zero attached hydrogens (tertiary/aromatic N) is 1. The molecule has 0 aliphatic heterocycles. The highest BCUT2D eigenvalue weighted by Crippen LogP contribution is 2.38. The maximum atomic E-state index is 12.5. The molecule has 84 valence electrons. The second-order valence-corrected chi connectivity index (χ2v) is 3.17. The van der Waals surface area contributed by atoms with Gasteiger partial charge in [0.15, 0.2) is 0 Å². The number of carbonyl (C=O) groups is 1. The SMILES string of the molecule is N#Cc1ccc(Cl)c(C(F)(F)F)c1C(=O)O. The van der Waals surface area contributed by atoms with Gasteiger partial charge in [0.1, 0.15) is 6.07 Å². The Balaban J connectivity index is 3.70. The van der Waals surface area contributed by atoms with Crippen molar-refractivity contribution in [2.45, 2.75) is 6.18 Å². The summed E-state index contributed by atoms with van der Waals surface area (Å²) in [6.07, 6.45) is -4.92. The topological polar surface area (TPSA) is 61.1 Å². The highest BCUT2D eigenvalue weighted by atomic mass is 35.5. The Morgan fingerprint density at radius 3 is 2.38 bits per heavy atom. The summed E-state index contributed by atoms with van der Waals surface area (Å²) in [6.45, 7) is 0. The summed E-state index contributed by atoms with van der Waals surface area (Å²) in [5, 5.41) is 16.4. The number of nitriles is 1. The monoisotopic (exact) mass is 249 g/mol. The van der Waals surface area contributed by atoms with Crippen LogP contribution in [-0.2, 0) is 6.18 Å². The van der Waals surface area contributed by atoms with Crippen molar-refractivity contribution in [2.24, 2.45) is 0 Å². The number of aromatic carboxylic acids is 1. The van der Waals surface area contributed by atoms with Crippen molar-refractivity contribution < 1.29 is 23.1 Å². The van der Waals surface area contributed by atoms with E-state index in [-0.39, 0.29) is 0 Å². The maximum Gasteiger partial charge on any atom is 0.418 e. The number of halogens is 4. The molecule has 0 heterocycles. The molecule has 0 unspecified atom stereocenters. The molecule has 0 aliphatic carbocycles. The largest absolute Gasteiger partial charge is 0.478 e. The first-order valence-corrected chi connectivity index (χ1v) is 4.20. The van der Waals surface area contributed by atoms with Crippen LogP contribution in [0.25, 0.3) is 0 Å². The standard InChI is InChI=1S/C9H3ClF3NO2/c10-5-2-1-4(3-14)6(8(15)16)7(5)9(11,12)13/h1-2H,(H,15,16). The Labute approximate surface area is 92.7 Å². The highest BCUT2D eigenvalue weighted by molar-refractivity contribution is 6.32. The molecular weight excluding hydrogens is 247 g/mol. The van der Waals surface area contributed by atoms with E-state index in [1.54, 1.807) is 0 Å². The minimum atomic E-state index is -4.92. The van der Waals surface area contributed by atoms with E-state index in [1.807, 2.05) is 0 Å². The van der Waals surface area contributed by atoms with Crippen molar-refractivity contribution in [1.29, 1.82) is 5.26 Å². The quantitative estimate of drug-likeness (QED) is 0.832. The molecule has 0 aromatic heterocycles. The van der Waals surface area contributed by atoms with Crippen LogP contribution in [0.3, 0.4) is 0 Å². The molecule has 0 fully saturated rings. The lowest BCUT2D eigenvalue weighted by molar-refractivity contribution is -0.138. The second-order valence-electron chi connectivity index (χ2n) is 2.76. The lowest BCUT2D eigenvalue weighted by Crippen LogP contribution is -2.15. The molecule has 0 radical (unpaired) electrons. The van der Waals surface area contributed by atoms with Gasteiger partial charge in [-0.3, -0.25) is 0 Å². The van der Waals surface area contributed by atoms with Gasteiger partial charge in [0.25, 0.3) is 0 Å². The van der Waals surface area contributed by atoms with Crippen molar-refractivity contribution in [1.82, 2.24) is 0 Å². The van der Waals surface area contributed by atoms with Gasteiger partial charge >= 0.3 is 12.1 Å². The number of hydrogen-bond donors (Lipinski definition) is 1. The number of carboxylic acids is 1. The van der Waals surface area contributed by atoms with E-state index in [1.165, 1.54) is 6.07 Å². The van der Waals surface area contributed by atoms with Crippen LogP contribution >= 0.6 is 11.6 Å². The average Bonchev–Trinajstić information content (AvgIpc) is 2.15. The molecule has 0 spiro atoms. The summed E-state index contributed by atoms with van der Waals surface area (Å²) < 4.78 is 37.6. The van der Waals surface area contributed by atoms with Crippen LogP contribution < -0.4 is 0 Å². The molecule has 1 N–H and O–H groups in total. The minimum absolute atomic E-state index is 0.579. The first-order valence-electron chi connectivity index (χ1n) is 3.82. The molecule has 0 saturated heterocycles. The first-order chi connectivity index (χ1) is 7.29. The Bertz CT molecular complexity index is 491. The number of rotatable bonds is 1. The van der Waals surface area contributed by atoms with Crippen molar-refractivity contribution in [3.8, 4) is 6.07 Å². The van der Waals surface area contributed by atoms with E-state index in [0.717, 1.165) is 12.1 Å². The van der Waals surface area contributed by atoms with Gasteiger partial charge < -0.3 is 5.11 Å². The Morgan fingerprint density at radius 2 is 2.00 bits per heavy atom. The fraction of sp³-hybridized carbons (Fsp3) is 0.111. The van der Waals surface area contributed by atoms with Crippen LogP contribution in [0.5, 0.6) is 0 Å². The Hall–Kier alpha value is -1.74. The Morgan fingerprint density at radius 1 is 1.44 bits per heavy atom. The zero-order valence-corrected chi connectivity index (χ0v) is 8.23. The number of benzene rings is 1. The molecule has 7 heteroatoms. The molecule has 0 bridgehead atoms. The van der Waals surface area contributed by atoms with Crippen LogP contribution in [-0.4, -0.2) is 11.1 Å². The van der Waals surface area contributed by atoms with Gasteiger partial charge in [-0.15, -0.1) is 0 Å². The molecular formula is C9H3ClF3NO2. The van der Waals surface area contributed by atoms with E-state index in [4.69, 9.17) is 22.0 Å². The predicted octanol–water partition coefficient (Wildman–Crippen LogP) is 2.93. The predicted molar refractivity (Wildman–Crippen MR) is 48.1 cm³/mol. The Kier molecular flexibility index (Phi) is 3.10. The summed E-state index contributed by atoms with van der Waals surface area (Å²) in [6, 6.07) is 3.15. The second kappa shape index (κ2) is 4.02. The minimum Gasteiger partial charge on any atom is -0.478 e. The summed E-state index contributed by atoms with van der Waals surface area (Å²) >= 11 is 5.29. The van der Waals surface area contributed by atoms with Gasteiger partial charge in [-0.1, -0.05) is 11.6 Å². The summed E-state index contributed by atoms with van der Waals surface area (Å²) in [5.74, 6) is -1.84. The molecule has 16 heavy (non-hydrogen) atoms. The summed E-state index contributed by atoms with van der Waals surface area (Å²) in [7, 11) is 0. The zero-order valence-electron chi connectivity index (χ0n) is 7.47. The fourth-order valence-electron chi connectivity index (χ4n) is 1.17. The number of alkyl halides is 3. The molecule has 1 aromatic rings. The fourth-order valence-corrected chi connectivity index (χ4v) is 1.43.